The summed E-state index contributed by atoms with van der Waals surface area (Å²) >= 11 is 0. The molecule has 1 saturated heterocycles. The van der Waals surface area contributed by atoms with Gasteiger partial charge in [-0.2, -0.15) is 0 Å². The van der Waals surface area contributed by atoms with E-state index in [1.807, 2.05) is 43.5 Å². The Labute approximate surface area is 143 Å². The zero-order valence-electron chi connectivity index (χ0n) is 14.1. The fraction of sp³-hybridized carbons (Fsp3) is 0.368. The van der Waals surface area contributed by atoms with E-state index < -0.39 is 0 Å². The van der Waals surface area contributed by atoms with Crippen molar-refractivity contribution in [3.63, 3.8) is 0 Å². The molecule has 1 aromatic carbocycles. The molecule has 5 heteroatoms. The molecule has 0 unspecified atom stereocenters. The van der Waals surface area contributed by atoms with Gasteiger partial charge in [-0.05, 0) is 48.6 Å². The van der Waals surface area contributed by atoms with Crippen molar-refractivity contribution in [3.05, 3.63) is 59.3 Å². The van der Waals surface area contributed by atoms with E-state index in [2.05, 4.69) is 26.6 Å². The van der Waals surface area contributed by atoms with Gasteiger partial charge in [0.15, 0.2) is 0 Å². The summed E-state index contributed by atoms with van der Waals surface area (Å²) < 4.78 is 0. The number of urea groups is 1. The van der Waals surface area contributed by atoms with Gasteiger partial charge in [0.05, 0.1) is 0 Å². The summed E-state index contributed by atoms with van der Waals surface area (Å²) in [5.74, 6) is 1.01. The minimum absolute atomic E-state index is 0.155. The zero-order valence-corrected chi connectivity index (χ0v) is 14.1. The summed E-state index contributed by atoms with van der Waals surface area (Å²) in [6.07, 6.45) is 4.27. The van der Waals surface area contributed by atoms with Crippen LogP contribution < -0.4 is 15.5 Å². The van der Waals surface area contributed by atoms with Crippen molar-refractivity contribution >= 4 is 11.8 Å². The van der Waals surface area contributed by atoms with Gasteiger partial charge in [0.1, 0.15) is 5.82 Å². The third-order valence-corrected chi connectivity index (χ3v) is 4.39. The fourth-order valence-corrected chi connectivity index (χ4v) is 2.92. The first-order chi connectivity index (χ1) is 11.7. The summed E-state index contributed by atoms with van der Waals surface area (Å²) in [7, 11) is 0. The number of aryl methyl sites for hydroxylation is 1. The second kappa shape index (κ2) is 7.81. The molecule has 1 aromatic heterocycles. The molecule has 1 aliphatic rings. The molecule has 2 aromatic rings. The molecule has 5 nitrogen and oxygen atoms in total. The lowest BCUT2D eigenvalue weighted by Gasteiger charge is -2.17. The van der Waals surface area contributed by atoms with E-state index in [0.717, 1.165) is 30.0 Å². The second-order valence-corrected chi connectivity index (χ2v) is 6.18. The van der Waals surface area contributed by atoms with E-state index >= 15 is 0 Å². The number of anilines is 1. The Morgan fingerprint density at radius 3 is 2.67 bits per heavy atom. The van der Waals surface area contributed by atoms with E-state index in [1.54, 1.807) is 0 Å². The third-order valence-electron chi connectivity index (χ3n) is 4.39. The molecule has 2 amide bonds. The first kappa shape index (κ1) is 16.3. The standard InChI is InChI=1S/C19H24N4O/c1-15-6-2-3-7-17(15)14-22-19(24)21-13-16-8-9-20-18(12-16)23-10-4-5-11-23/h2-3,6-9,12H,4-5,10-11,13-14H2,1H3,(H2,21,22,24). The summed E-state index contributed by atoms with van der Waals surface area (Å²) in [5, 5.41) is 5.81. The van der Waals surface area contributed by atoms with Gasteiger partial charge >= 0.3 is 6.03 Å². The maximum absolute atomic E-state index is 12.0. The number of rotatable bonds is 5. The van der Waals surface area contributed by atoms with Crippen molar-refractivity contribution in [1.29, 1.82) is 0 Å². The van der Waals surface area contributed by atoms with Crippen LogP contribution in [0.5, 0.6) is 0 Å². The highest BCUT2D eigenvalue weighted by Crippen LogP contribution is 2.18. The van der Waals surface area contributed by atoms with Crippen molar-refractivity contribution < 1.29 is 4.79 Å². The largest absolute Gasteiger partial charge is 0.357 e. The number of carbonyl (C=O) groups excluding carboxylic acids is 1. The van der Waals surface area contributed by atoms with E-state index in [4.69, 9.17) is 0 Å². The van der Waals surface area contributed by atoms with Gasteiger partial charge in [-0.3, -0.25) is 0 Å². The molecule has 0 bridgehead atoms. The number of pyridine rings is 1. The molecular formula is C19H24N4O. The number of benzene rings is 1. The molecule has 0 saturated carbocycles. The van der Waals surface area contributed by atoms with Crippen LogP contribution in [0, 0.1) is 6.92 Å². The molecule has 0 atom stereocenters. The lowest BCUT2D eigenvalue weighted by molar-refractivity contribution is 0.240. The van der Waals surface area contributed by atoms with Crippen LogP contribution in [-0.4, -0.2) is 24.1 Å². The Bertz CT molecular complexity index is 695. The Hall–Kier alpha value is -2.56. The molecule has 0 spiro atoms. The fourth-order valence-electron chi connectivity index (χ4n) is 2.92. The van der Waals surface area contributed by atoms with Crippen LogP contribution >= 0.6 is 0 Å². The molecule has 126 valence electrons. The average molecular weight is 324 g/mol. The predicted molar refractivity (Wildman–Crippen MR) is 95.9 cm³/mol. The van der Waals surface area contributed by atoms with Crippen LogP contribution in [0.3, 0.4) is 0 Å². The molecule has 2 N–H and O–H groups in total. The maximum atomic E-state index is 12.0. The summed E-state index contributed by atoms with van der Waals surface area (Å²) in [6.45, 7) is 5.23. The van der Waals surface area contributed by atoms with Crippen molar-refractivity contribution in [2.45, 2.75) is 32.9 Å². The molecular weight excluding hydrogens is 300 g/mol. The molecule has 1 fully saturated rings. The smallest absolute Gasteiger partial charge is 0.315 e. The number of aromatic nitrogens is 1. The highest BCUT2D eigenvalue weighted by atomic mass is 16.2. The average Bonchev–Trinajstić information content (AvgIpc) is 3.14. The molecule has 24 heavy (non-hydrogen) atoms. The van der Waals surface area contributed by atoms with Crippen molar-refractivity contribution in [2.75, 3.05) is 18.0 Å². The number of nitrogens with zero attached hydrogens (tertiary/aromatic N) is 2. The minimum Gasteiger partial charge on any atom is -0.357 e. The first-order valence-corrected chi connectivity index (χ1v) is 8.48. The highest BCUT2D eigenvalue weighted by Gasteiger charge is 2.13. The van der Waals surface area contributed by atoms with Crippen LogP contribution in [0.15, 0.2) is 42.6 Å². The van der Waals surface area contributed by atoms with E-state index in [1.165, 1.54) is 18.4 Å². The SMILES string of the molecule is Cc1ccccc1CNC(=O)NCc1ccnc(N2CCCC2)c1. The zero-order chi connectivity index (χ0) is 16.8. The van der Waals surface area contributed by atoms with E-state index in [-0.39, 0.29) is 6.03 Å². The van der Waals surface area contributed by atoms with Crippen molar-refractivity contribution in [1.82, 2.24) is 15.6 Å². The van der Waals surface area contributed by atoms with Crippen LogP contribution in [0.25, 0.3) is 0 Å². The topological polar surface area (TPSA) is 57.3 Å². The number of hydrogen-bond acceptors (Lipinski definition) is 3. The normalized spacial score (nSPS) is 13.8. The molecule has 1 aliphatic heterocycles. The van der Waals surface area contributed by atoms with Gasteiger partial charge in [-0.1, -0.05) is 24.3 Å². The first-order valence-electron chi connectivity index (χ1n) is 8.48. The summed E-state index contributed by atoms with van der Waals surface area (Å²) in [5.41, 5.74) is 3.38. The number of nitrogens with one attached hydrogen (secondary N) is 2. The van der Waals surface area contributed by atoms with Crippen molar-refractivity contribution in [3.8, 4) is 0 Å². The van der Waals surface area contributed by atoms with Gasteiger partial charge in [0, 0.05) is 32.4 Å². The van der Waals surface area contributed by atoms with Crippen LogP contribution in [-0.2, 0) is 13.1 Å². The van der Waals surface area contributed by atoms with E-state index in [0.29, 0.717) is 13.1 Å². The lowest BCUT2D eigenvalue weighted by Crippen LogP contribution is -2.34. The Morgan fingerprint density at radius 2 is 1.88 bits per heavy atom. The number of amides is 2. The van der Waals surface area contributed by atoms with E-state index in [9.17, 15) is 4.79 Å². The second-order valence-electron chi connectivity index (χ2n) is 6.18. The van der Waals surface area contributed by atoms with Crippen molar-refractivity contribution in [2.24, 2.45) is 0 Å². The van der Waals surface area contributed by atoms with Gasteiger partial charge in [0.2, 0.25) is 0 Å². The quantitative estimate of drug-likeness (QED) is 0.889. The Kier molecular flexibility index (Phi) is 5.31. The van der Waals surface area contributed by atoms with Crippen LogP contribution in [0.4, 0.5) is 10.6 Å². The maximum Gasteiger partial charge on any atom is 0.315 e. The highest BCUT2D eigenvalue weighted by molar-refractivity contribution is 5.73. The molecule has 3 rings (SSSR count). The number of carbonyl (C=O) groups is 1. The molecule has 0 radical (unpaired) electrons. The molecule has 0 aliphatic carbocycles. The minimum atomic E-state index is -0.155. The van der Waals surface area contributed by atoms with Gasteiger partial charge in [0.25, 0.3) is 0 Å². The molecule has 2 heterocycles. The van der Waals surface area contributed by atoms with Gasteiger partial charge in [-0.15, -0.1) is 0 Å². The van der Waals surface area contributed by atoms with Crippen LogP contribution in [0.1, 0.15) is 29.5 Å². The Balaban J connectivity index is 1.49. The number of hydrogen-bond donors (Lipinski definition) is 2. The summed E-state index contributed by atoms with van der Waals surface area (Å²) in [6, 6.07) is 11.9. The van der Waals surface area contributed by atoms with Gasteiger partial charge < -0.3 is 15.5 Å². The lowest BCUT2D eigenvalue weighted by atomic mass is 10.1. The monoisotopic (exact) mass is 324 g/mol. The van der Waals surface area contributed by atoms with Gasteiger partial charge in [-0.25, -0.2) is 9.78 Å². The summed E-state index contributed by atoms with van der Waals surface area (Å²) in [4.78, 5) is 18.7. The van der Waals surface area contributed by atoms with Crippen LogP contribution in [0.2, 0.25) is 0 Å². The third kappa shape index (κ3) is 4.25. The Morgan fingerprint density at radius 1 is 1.12 bits per heavy atom. The predicted octanol–water partition coefficient (Wildman–Crippen LogP) is 2.99.